The summed E-state index contributed by atoms with van der Waals surface area (Å²) in [6.45, 7) is 2.10. The first-order valence-electron chi connectivity index (χ1n) is 4.61. The minimum Gasteiger partial charge on any atom is -0.347 e. The van der Waals surface area contributed by atoms with Crippen LogP contribution in [0.3, 0.4) is 0 Å². The predicted molar refractivity (Wildman–Crippen MR) is 61.7 cm³/mol. The second-order valence-corrected chi connectivity index (χ2v) is 6.55. The molecule has 0 amide bonds. The molecular weight excluding hydrogens is 246 g/mol. The first kappa shape index (κ1) is 11.3. The highest BCUT2D eigenvalue weighted by atomic mass is 32.2. The number of H-pyrrole nitrogens is 1. The Bertz CT molecular complexity index is 557. The molecule has 16 heavy (non-hydrogen) atoms. The molecule has 5 nitrogen and oxygen atoms in total. The van der Waals surface area contributed by atoms with Crippen LogP contribution < -0.4 is 4.72 Å². The van der Waals surface area contributed by atoms with E-state index in [9.17, 15) is 8.42 Å². The number of aryl methyl sites for hydroxylation is 1. The van der Waals surface area contributed by atoms with Crippen molar-refractivity contribution in [2.75, 3.05) is 0 Å². The van der Waals surface area contributed by atoms with Crippen molar-refractivity contribution in [1.29, 1.82) is 0 Å². The summed E-state index contributed by atoms with van der Waals surface area (Å²) in [5.74, 6) is 0. The van der Waals surface area contributed by atoms with Crippen molar-refractivity contribution in [2.24, 2.45) is 0 Å². The largest absolute Gasteiger partial charge is 0.347 e. The lowest BCUT2D eigenvalue weighted by Crippen LogP contribution is -2.22. The third kappa shape index (κ3) is 2.49. The molecule has 7 heteroatoms. The van der Waals surface area contributed by atoms with Crippen molar-refractivity contribution >= 4 is 21.4 Å². The molecule has 0 spiro atoms. The van der Waals surface area contributed by atoms with Crippen LogP contribution in [-0.2, 0) is 16.6 Å². The van der Waals surface area contributed by atoms with E-state index in [-0.39, 0.29) is 6.54 Å². The molecule has 0 radical (unpaired) electrons. The summed E-state index contributed by atoms with van der Waals surface area (Å²) in [6.07, 6.45) is 3.10. The number of nitrogens with zero attached hydrogens (tertiary/aromatic N) is 1. The molecule has 0 aromatic carbocycles. The van der Waals surface area contributed by atoms with E-state index in [1.165, 1.54) is 17.7 Å². The van der Waals surface area contributed by atoms with Gasteiger partial charge in [0.25, 0.3) is 0 Å². The highest BCUT2D eigenvalue weighted by Gasteiger charge is 2.15. The van der Waals surface area contributed by atoms with Gasteiger partial charge >= 0.3 is 0 Å². The van der Waals surface area contributed by atoms with Gasteiger partial charge in [0.2, 0.25) is 10.0 Å². The van der Waals surface area contributed by atoms with Crippen molar-refractivity contribution in [2.45, 2.75) is 17.7 Å². The summed E-state index contributed by atoms with van der Waals surface area (Å²) < 4.78 is 26.5. The predicted octanol–water partition coefficient (Wildman–Crippen LogP) is 1.26. The molecule has 0 bridgehead atoms. The molecule has 0 aliphatic heterocycles. The third-order valence-electron chi connectivity index (χ3n) is 1.99. The smallest absolute Gasteiger partial charge is 0.250 e. The van der Waals surface area contributed by atoms with E-state index in [0.29, 0.717) is 4.21 Å². The summed E-state index contributed by atoms with van der Waals surface area (Å²) in [6, 6.07) is 3.39. The minimum absolute atomic E-state index is 0.222. The number of rotatable bonds is 4. The maximum atomic E-state index is 11.8. The molecule has 2 N–H and O–H groups in total. The van der Waals surface area contributed by atoms with Crippen molar-refractivity contribution in [3.05, 3.63) is 35.2 Å². The second-order valence-electron chi connectivity index (χ2n) is 3.27. The van der Waals surface area contributed by atoms with Crippen LogP contribution in [0.15, 0.2) is 28.9 Å². The molecule has 0 atom stereocenters. The monoisotopic (exact) mass is 257 g/mol. The maximum absolute atomic E-state index is 11.8. The Balaban J connectivity index is 2.09. The Kier molecular flexibility index (Phi) is 3.08. The van der Waals surface area contributed by atoms with Gasteiger partial charge < -0.3 is 4.98 Å². The first-order chi connectivity index (χ1) is 7.58. The molecule has 2 rings (SSSR count). The lowest BCUT2D eigenvalue weighted by atomic mass is 10.5. The zero-order valence-corrected chi connectivity index (χ0v) is 10.2. The van der Waals surface area contributed by atoms with Crippen LogP contribution in [0.5, 0.6) is 0 Å². The van der Waals surface area contributed by atoms with Crippen LogP contribution in [0.4, 0.5) is 0 Å². The molecule has 0 aliphatic rings. The fourth-order valence-electron chi connectivity index (χ4n) is 1.18. The molecule has 0 fully saturated rings. The highest BCUT2D eigenvalue weighted by Crippen LogP contribution is 2.20. The Morgan fingerprint density at radius 2 is 2.31 bits per heavy atom. The fourth-order valence-corrected chi connectivity index (χ4v) is 3.52. The van der Waals surface area contributed by atoms with E-state index < -0.39 is 10.0 Å². The zero-order chi connectivity index (χ0) is 11.6. The van der Waals surface area contributed by atoms with E-state index in [4.69, 9.17) is 0 Å². The SMILES string of the molecule is Cc1ccc(S(=O)(=O)NCc2cnc[nH]2)s1. The van der Waals surface area contributed by atoms with E-state index in [0.717, 1.165) is 10.6 Å². The molecule has 2 aromatic rings. The van der Waals surface area contributed by atoms with Gasteiger partial charge in [0.1, 0.15) is 4.21 Å². The molecule has 2 heterocycles. The van der Waals surface area contributed by atoms with Gasteiger partial charge in [-0.25, -0.2) is 18.1 Å². The van der Waals surface area contributed by atoms with Crippen molar-refractivity contribution < 1.29 is 8.42 Å². The summed E-state index contributed by atoms with van der Waals surface area (Å²) in [4.78, 5) is 7.62. The van der Waals surface area contributed by atoms with E-state index in [1.54, 1.807) is 18.3 Å². The van der Waals surface area contributed by atoms with Crippen molar-refractivity contribution in [3.63, 3.8) is 0 Å². The topological polar surface area (TPSA) is 74.8 Å². The standard InChI is InChI=1S/C9H11N3O2S2/c1-7-2-3-9(15-7)16(13,14)12-5-8-4-10-6-11-8/h2-4,6,12H,5H2,1H3,(H,10,11). The Morgan fingerprint density at radius 1 is 1.50 bits per heavy atom. The Hall–Kier alpha value is -1.18. The average molecular weight is 257 g/mol. The molecule has 0 unspecified atom stereocenters. The van der Waals surface area contributed by atoms with Crippen LogP contribution in [0, 0.1) is 6.92 Å². The summed E-state index contributed by atoms with van der Waals surface area (Å²) in [5, 5.41) is 0. The quantitative estimate of drug-likeness (QED) is 0.865. The maximum Gasteiger partial charge on any atom is 0.250 e. The van der Waals surface area contributed by atoms with Gasteiger partial charge in [0.05, 0.1) is 12.9 Å². The molecule has 0 aliphatic carbocycles. The lowest BCUT2D eigenvalue weighted by Gasteiger charge is -2.02. The van der Waals surface area contributed by atoms with Gasteiger partial charge in [-0.15, -0.1) is 11.3 Å². The van der Waals surface area contributed by atoms with Gasteiger partial charge in [-0.2, -0.15) is 0 Å². The number of hydrogen-bond donors (Lipinski definition) is 2. The van der Waals surface area contributed by atoms with Crippen LogP contribution >= 0.6 is 11.3 Å². The van der Waals surface area contributed by atoms with Crippen molar-refractivity contribution in [1.82, 2.24) is 14.7 Å². The number of thiophene rings is 1. The van der Waals surface area contributed by atoms with Gasteiger partial charge in [0.15, 0.2) is 0 Å². The number of hydrogen-bond acceptors (Lipinski definition) is 4. The summed E-state index contributed by atoms with van der Waals surface area (Å²) >= 11 is 1.26. The zero-order valence-electron chi connectivity index (χ0n) is 8.60. The van der Waals surface area contributed by atoms with Gasteiger partial charge in [-0.1, -0.05) is 0 Å². The van der Waals surface area contributed by atoms with Crippen LogP contribution in [-0.4, -0.2) is 18.4 Å². The number of aromatic amines is 1. The molecule has 2 aromatic heterocycles. The number of nitrogens with one attached hydrogen (secondary N) is 2. The average Bonchev–Trinajstić information content (AvgIpc) is 2.85. The van der Waals surface area contributed by atoms with Crippen LogP contribution in [0.25, 0.3) is 0 Å². The minimum atomic E-state index is -3.39. The van der Waals surface area contributed by atoms with E-state index in [2.05, 4.69) is 14.7 Å². The van der Waals surface area contributed by atoms with Gasteiger partial charge in [0, 0.05) is 16.8 Å². The first-order valence-corrected chi connectivity index (χ1v) is 6.91. The fraction of sp³-hybridized carbons (Fsp3) is 0.222. The molecule has 0 saturated heterocycles. The lowest BCUT2D eigenvalue weighted by molar-refractivity contribution is 0.582. The van der Waals surface area contributed by atoms with E-state index in [1.807, 2.05) is 6.92 Å². The number of aromatic nitrogens is 2. The Morgan fingerprint density at radius 3 is 2.88 bits per heavy atom. The van der Waals surface area contributed by atoms with E-state index >= 15 is 0 Å². The Labute approximate surface area is 97.6 Å². The van der Waals surface area contributed by atoms with Crippen molar-refractivity contribution in [3.8, 4) is 0 Å². The van der Waals surface area contributed by atoms with Crippen LogP contribution in [0.2, 0.25) is 0 Å². The summed E-state index contributed by atoms with van der Waals surface area (Å²) in [7, 11) is -3.39. The van der Waals surface area contributed by atoms with Gasteiger partial charge in [-0.3, -0.25) is 0 Å². The van der Waals surface area contributed by atoms with Gasteiger partial charge in [-0.05, 0) is 19.1 Å². The number of imidazole rings is 1. The normalized spacial score (nSPS) is 11.8. The third-order valence-corrected chi connectivity index (χ3v) is 4.88. The molecule has 86 valence electrons. The second kappa shape index (κ2) is 4.36. The van der Waals surface area contributed by atoms with Crippen LogP contribution in [0.1, 0.15) is 10.6 Å². The molecule has 0 saturated carbocycles. The highest BCUT2D eigenvalue weighted by molar-refractivity contribution is 7.91. The number of sulfonamides is 1. The summed E-state index contributed by atoms with van der Waals surface area (Å²) in [5.41, 5.74) is 0.733. The molecular formula is C9H11N3O2S2.